The third-order valence-electron chi connectivity index (χ3n) is 2.76. The maximum Gasteiger partial charge on any atom is 0.262 e. The Bertz CT molecular complexity index is 726. The number of methoxy groups -OCH3 is 1. The molecule has 0 aromatic heterocycles. The fourth-order valence-electron chi connectivity index (χ4n) is 1.76. The van der Waals surface area contributed by atoms with Crippen molar-refractivity contribution >= 4 is 34.2 Å². The maximum absolute atomic E-state index is 11.9. The molecule has 0 unspecified atom stereocenters. The topological polar surface area (TPSA) is 71.3 Å². The quantitative estimate of drug-likeness (QED) is 0.772. The van der Waals surface area contributed by atoms with Gasteiger partial charge >= 0.3 is 0 Å². The number of halogens is 1. The van der Waals surface area contributed by atoms with E-state index in [0.29, 0.717) is 22.7 Å². The second kappa shape index (κ2) is 7.66. The number of nitrogens with one attached hydrogen (secondary N) is 1. The van der Waals surface area contributed by atoms with Gasteiger partial charge in [-0.1, -0.05) is 6.07 Å². The van der Waals surface area contributed by atoms with Crippen molar-refractivity contribution in [1.29, 1.82) is 5.26 Å². The standard InChI is InChI=1S/C16H13IN2O3/c1-21-15-7-11(9-18)5-6-14(15)22-10-16(20)19-13-4-2-3-12(17)8-13/h2-8H,10H2,1H3,(H,19,20). The molecule has 0 aliphatic rings. The molecule has 0 heterocycles. The molecule has 1 N–H and O–H groups in total. The number of hydrogen-bond acceptors (Lipinski definition) is 4. The highest BCUT2D eigenvalue weighted by Crippen LogP contribution is 2.27. The average molecular weight is 408 g/mol. The van der Waals surface area contributed by atoms with E-state index in [9.17, 15) is 4.79 Å². The summed E-state index contributed by atoms with van der Waals surface area (Å²) in [5.41, 5.74) is 1.18. The summed E-state index contributed by atoms with van der Waals surface area (Å²) in [5, 5.41) is 11.6. The van der Waals surface area contributed by atoms with Gasteiger partial charge in [-0.25, -0.2) is 0 Å². The zero-order valence-electron chi connectivity index (χ0n) is 11.8. The first-order chi connectivity index (χ1) is 10.6. The minimum atomic E-state index is -0.270. The van der Waals surface area contributed by atoms with Crippen molar-refractivity contribution < 1.29 is 14.3 Å². The van der Waals surface area contributed by atoms with E-state index in [1.165, 1.54) is 7.11 Å². The number of rotatable bonds is 5. The number of carbonyl (C=O) groups excluding carboxylic acids is 1. The van der Waals surface area contributed by atoms with Crippen LogP contribution in [0.15, 0.2) is 42.5 Å². The van der Waals surface area contributed by atoms with Gasteiger partial charge in [0.2, 0.25) is 0 Å². The van der Waals surface area contributed by atoms with Crippen molar-refractivity contribution in [3.8, 4) is 17.6 Å². The highest BCUT2D eigenvalue weighted by molar-refractivity contribution is 14.1. The molecule has 0 saturated heterocycles. The van der Waals surface area contributed by atoms with Crippen LogP contribution >= 0.6 is 22.6 Å². The minimum Gasteiger partial charge on any atom is -0.493 e. The lowest BCUT2D eigenvalue weighted by Gasteiger charge is -2.11. The molecule has 0 aliphatic carbocycles. The molecule has 22 heavy (non-hydrogen) atoms. The van der Waals surface area contributed by atoms with Crippen molar-refractivity contribution in [2.45, 2.75) is 0 Å². The summed E-state index contributed by atoms with van der Waals surface area (Å²) in [6.07, 6.45) is 0. The molecule has 1 amide bonds. The van der Waals surface area contributed by atoms with Gasteiger partial charge < -0.3 is 14.8 Å². The van der Waals surface area contributed by atoms with Crippen molar-refractivity contribution in [3.63, 3.8) is 0 Å². The van der Waals surface area contributed by atoms with Crippen molar-refractivity contribution in [2.24, 2.45) is 0 Å². The van der Waals surface area contributed by atoms with Gasteiger partial charge in [0.25, 0.3) is 5.91 Å². The molecule has 0 bridgehead atoms. The molecule has 0 atom stereocenters. The molecule has 5 nitrogen and oxygen atoms in total. The van der Waals surface area contributed by atoms with E-state index < -0.39 is 0 Å². The summed E-state index contributed by atoms with van der Waals surface area (Å²) in [7, 11) is 1.48. The van der Waals surface area contributed by atoms with Crippen LogP contribution in [0.5, 0.6) is 11.5 Å². The number of anilines is 1. The lowest BCUT2D eigenvalue weighted by molar-refractivity contribution is -0.118. The summed E-state index contributed by atoms with van der Waals surface area (Å²) in [5.74, 6) is 0.564. The molecule has 6 heteroatoms. The van der Waals surface area contributed by atoms with Crippen LogP contribution in [-0.4, -0.2) is 19.6 Å². The molecule has 2 rings (SSSR count). The van der Waals surface area contributed by atoms with Crippen LogP contribution in [0, 0.1) is 14.9 Å². The fraction of sp³-hybridized carbons (Fsp3) is 0.125. The number of nitriles is 1. The Labute approximate surface area is 142 Å². The summed E-state index contributed by atoms with van der Waals surface area (Å²) >= 11 is 2.17. The summed E-state index contributed by atoms with van der Waals surface area (Å²) < 4.78 is 11.6. The number of ether oxygens (including phenoxy) is 2. The predicted octanol–water partition coefficient (Wildman–Crippen LogP) is 3.19. The third-order valence-corrected chi connectivity index (χ3v) is 3.43. The van der Waals surface area contributed by atoms with Crippen LogP contribution in [-0.2, 0) is 4.79 Å². The minimum absolute atomic E-state index is 0.145. The van der Waals surface area contributed by atoms with Crippen LogP contribution in [0.2, 0.25) is 0 Å². The van der Waals surface area contributed by atoms with Crippen LogP contribution in [0.3, 0.4) is 0 Å². The predicted molar refractivity (Wildman–Crippen MR) is 91.0 cm³/mol. The van der Waals surface area contributed by atoms with Gasteiger partial charge in [0.1, 0.15) is 0 Å². The summed E-state index contributed by atoms with van der Waals surface area (Å²) in [6.45, 7) is -0.145. The largest absolute Gasteiger partial charge is 0.493 e. The van der Waals surface area contributed by atoms with Gasteiger partial charge in [-0.05, 0) is 52.9 Å². The Balaban J connectivity index is 1.98. The van der Waals surface area contributed by atoms with Crippen LogP contribution in [0.4, 0.5) is 5.69 Å². The lowest BCUT2D eigenvalue weighted by atomic mass is 10.2. The average Bonchev–Trinajstić information content (AvgIpc) is 2.52. The molecule has 2 aromatic rings. The first-order valence-corrected chi connectivity index (χ1v) is 7.46. The van der Waals surface area contributed by atoms with E-state index in [1.54, 1.807) is 18.2 Å². The van der Waals surface area contributed by atoms with Crippen molar-refractivity contribution in [2.75, 3.05) is 19.0 Å². The molecule has 0 saturated carbocycles. The van der Waals surface area contributed by atoms with E-state index >= 15 is 0 Å². The van der Waals surface area contributed by atoms with E-state index in [0.717, 1.165) is 3.57 Å². The SMILES string of the molecule is COc1cc(C#N)ccc1OCC(=O)Nc1cccc(I)c1. The van der Waals surface area contributed by atoms with Crippen LogP contribution in [0.1, 0.15) is 5.56 Å². The molecular weight excluding hydrogens is 395 g/mol. The zero-order valence-corrected chi connectivity index (χ0v) is 14.0. The Morgan fingerprint density at radius 1 is 1.27 bits per heavy atom. The lowest BCUT2D eigenvalue weighted by Crippen LogP contribution is -2.20. The molecular formula is C16H13IN2O3. The highest BCUT2D eigenvalue weighted by Gasteiger charge is 2.09. The molecule has 2 aromatic carbocycles. The van der Waals surface area contributed by atoms with Gasteiger partial charge in [-0.15, -0.1) is 0 Å². The summed E-state index contributed by atoms with van der Waals surface area (Å²) in [4.78, 5) is 11.9. The zero-order chi connectivity index (χ0) is 15.9. The molecule has 0 aliphatic heterocycles. The molecule has 0 spiro atoms. The molecule has 0 fully saturated rings. The number of hydrogen-bond donors (Lipinski definition) is 1. The fourth-order valence-corrected chi connectivity index (χ4v) is 2.31. The Hall–Kier alpha value is -2.27. The van der Waals surface area contributed by atoms with E-state index in [4.69, 9.17) is 14.7 Å². The van der Waals surface area contributed by atoms with Gasteiger partial charge in [0, 0.05) is 15.3 Å². The van der Waals surface area contributed by atoms with Gasteiger partial charge in [-0.2, -0.15) is 5.26 Å². The number of carbonyl (C=O) groups is 1. The van der Waals surface area contributed by atoms with Crippen LogP contribution in [0.25, 0.3) is 0 Å². The monoisotopic (exact) mass is 408 g/mol. The Kier molecular flexibility index (Phi) is 5.61. The highest BCUT2D eigenvalue weighted by atomic mass is 127. The van der Waals surface area contributed by atoms with Gasteiger partial charge in [0.15, 0.2) is 18.1 Å². The van der Waals surface area contributed by atoms with E-state index in [-0.39, 0.29) is 12.5 Å². The van der Waals surface area contributed by atoms with Crippen LogP contribution < -0.4 is 14.8 Å². The molecule has 0 radical (unpaired) electrons. The Morgan fingerprint density at radius 2 is 2.09 bits per heavy atom. The van der Waals surface area contributed by atoms with E-state index in [2.05, 4.69) is 27.9 Å². The smallest absolute Gasteiger partial charge is 0.262 e. The van der Waals surface area contributed by atoms with Crippen molar-refractivity contribution in [1.82, 2.24) is 0 Å². The first kappa shape index (κ1) is 16.1. The summed E-state index contributed by atoms with van der Waals surface area (Å²) in [6, 6.07) is 14.3. The normalized spacial score (nSPS) is 9.68. The van der Waals surface area contributed by atoms with Gasteiger partial charge in [-0.3, -0.25) is 4.79 Å². The first-order valence-electron chi connectivity index (χ1n) is 6.38. The maximum atomic E-state index is 11.9. The van der Waals surface area contributed by atoms with Gasteiger partial charge in [0.05, 0.1) is 18.7 Å². The number of amides is 1. The second-order valence-electron chi connectivity index (χ2n) is 4.32. The Morgan fingerprint density at radius 3 is 2.77 bits per heavy atom. The van der Waals surface area contributed by atoms with E-state index in [1.807, 2.05) is 30.3 Å². The van der Waals surface area contributed by atoms with Crippen molar-refractivity contribution in [3.05, 3.63) is 51.6 Å². The molecule has 112 valence electrons. The second-order valence-corrected chi connectivity index (χ2v) is 5.57. The third kappa shape index (κ3) is 4.36. The number of benzene rings is 2. The number of nitrogens with zero attached hydrogens (tertiary/aromatic N) is 1.